The first-order valence-corrected chi connectivity index (χ1v) is 9.02. The molecule has 1 unspecified atom stereocenters. The largest absolute Gasteiger partial charge is 0.490 e. The van der Waals surface area contributed by atoms with Gasteiger partial charge in [0, 0.05) is 6.54 Å². The molecule has 2 aliphatic heterocycles. The maximum absolute atomic E-state index is 13.6. The van der Waals surface area contributed by atoms with Gasteiger partial charge in [0.05, 0.1) is 18.7 Å². The summed E-state index contributed by atoms with van der Waals surface area (Å²) in [5.74, 6) is -4.51. The number of halogens is 3. The Labute approximate surface area is 158 Å². The molecule has 2 heterocycles. The number of carbonyl (C=O) groups is 2. The van der Waals surface area contributed by atoms with Gasteiger partial charge in [-0.15, -0.1) is 0 Å². The Morgan fingerprint density at radius 3 is 2.79 bits per heavy atom. The van der Waals surface area contributed by atoms with E-state index in [2.05, 4.69) is 5.32 Å². The van der Waals surface area contributed by atoms with Gasteiger partial charge in [0.15, 0.2) is 17.4 Å². The van der Waals surface area contributed by atoms with Gasteiger partial charge in [-0.2, -0.15) is 4.39 Å². The maximum atomic E-state index is 13.6. The number of likely N-dealkylation sites (tertiary alicyclic amines) is 1. The fourth-order valence-corrected chi connectivity index (χ4v) is 3.69. The molecule has 1 spiro atoms. The van der Waals surface area contributed by atoms with Gasteiger partial charge in [-0.1, -0.05) is 0 Å². The first-order chi connectivity index (χ1) is 13.3. The van der Waals surface area contributed by atoms with E-state index in [0.29, 0.717) is 32.4 Å². The van der Waals surface area contributed by atoms with Crippen LogP contribution in [0, 0.1) is 23.4 Å². The average molecular weight is 400 g/mol. The van der Waals surface area contributed by atoms with Crippen molar-refractivity contribution in [3.8, 4) is 5.75 Å². The van der Waals surface area contributed by atoms with E-state index in [1.165, 1.54) is 4.90 Å². The molecule has 2 amide bonds. The van der Waals surface area contributed by atoms with E-state index in [1.54, 1.807) is 0 Å². The Morgan fingerprint density at radius 1 is 1.29 bits per heavy atom. The van der Waals surface area contributed by atoms with E-state index in [0.717, 1.165) is 12.1 Å². The first-order valence-electron chi connectivity index (χ1n) is 9.02. The molecule has 3 fully saturated rings. The van der Waals surface area contributed by atoms with Crippen LogP contribution in [0.2, 0.25) is 0 Å². The van der Waals surface area contributed by atoms with E-state index in [4.69, 9.17) is 14.2 Å². The number of alkyl carbamates (subject to hydrolysis) is 1. The summed E-state index contributed by atoms with van der Waals surface area (Å²) in [4.78, 5) is 25.0. The van der Waals surface area contributed by atoms with Crippen LogP contribution in [0.1, 0.15) is 19.3 Å². The highest BCUT2D eigenvalue weighted by atomic mass is 19.2. The number of amides is 2. The molecule has 1 atom stereocenters. The van der Waals surface area contributed by atoms with Crippen molar-refractivity contribution in [1.29, 1.82) is 0 Å². The summed E-state index contributed by atoms with van der Waals surface area (Å²) in [5.41, 5.74) is -0.527. The second-order valence-electron chi connectivity index (χ2n) is 7.48. The monoisotopic (exact) mass is 400 g/mol. The number of cyclic esters (lactones) is 1. The molecule has 3 aliphatic rings. The Bertz CT molecular complexity index is 802. The zero-order valence-electron chi connectivity index (χ0n) is 14.9. The molecule has 1 aromatic rings. The zero-order valence-corrected chi connectivity index (χ0v) is 14.9. The first kappa shape index (κ1) is 18.7. The van der Waals surface area contributed by atoms with E-state index >= 15 is 0 Å². The Balaban J connectivity index is 1.19. The molecule has 4 rings (SSSR count). The molecular formula is C18H19F3N2O5. The molecule has 2 saturated heterocycles. The third kappa shape index (κ3) is 3.55. The third-order valence-electron chi connectivity index (χ3n) is 5.39. The predicted octanol–water partition coefficient (Wildman–Crippen LogP) is 2.58. The van der Waals surface area contributed by atoms with E-state index in [-0.39, 0.29) is 31.0 Å². The second kappa shape index (κ2) is 7.06. The maximum Gasteiger partial charge on any atom is 0.410 e. The zero-order chi connectivity index (χ0) is 19.9. The normalized spacial score (nSPS) is 28.7. The summed E-state index contributed by atoms with van der Waals surface area (Å²) in [7, 11) is 0. The lowest BCUT2D eigenvalue weighted by atomic mass is 9.83. The summed E-state index contributed by atoms with van der Waals surface area (Å²) >= 11 is 0. The number of rotatable bonds is 4. The van der Waals surface area contributed by atoms with Crippen molar-refractivity contribution in [2.24, 2.45) is 5.92 Å². The molecule has 1 N–H and O–H groups in total. The lowest BCUT2D eigenvalue weighted by molar-refractivity contribution is -0.0125. The van der Waals surface area contributed by atoms with Gasteiger partial charge in [-0.05, 0) is 37.3 Å². The van der Waals surface area contributed by atoms with E-state index in [9.17, 15) is 22.8 Å². The van der Waals surface area contributed by atoms with Crippen LogP contribution in [0.5, 0.6) is 5.75 Å². The number of carbonyl (C=O) groups excluding carboxylic acids is 2. The third-order valence-corrected chi connectivity index (χ3v) is 5.39. The molecule has 1 aliphatic carbocycles. The molecule has 0 bridgehead atoms. The Kier molecular flexibility index (Phi) is 4.72. The minimum atomic E-state index is -1.56. The highest BCUT2D eigenvalue weighted by Crippen LogP contribution is 2.33. The lowest BCUT2D eigenvalue weighted by Crippen LogP contribution is -2.47. The number of hydrogen-bond acceptors (Lipinski definition) is 5. The molecule has 0 aromatic heterocycles. The van der Waals surface area contributed by atoms with Crippen LogP contribution in [0.15, 0.2) is 12.1 Å². The van der Waals surface area contributed by atoms with Crippen molar-refractivity contribution in [2.75, 3.05) is 26.3 Å². The minimum absolute atomic E-state index is 0.0257. The quantitative estimate of drug-likeness (QED) is 0.787. The van der Waals surface area contributed by atoms with Crippen molar-refractivity contribution in [3.05, 3.63) is 29.6 Å². The second-order valence-corrected chi connectivity index (χ2v) is 7.48. The standard InChI is InChI=1S/C18H19F3N2O5/c19-12-1-2-13(15(21)14(12)20)26-7-10-5-11(6-10)28-17(25)23-4-3-18(8-23)9-27-16(24)22-18/h1-2,10-11H,3-9H2,(H,22,24). The number of ether oxygens (including phenoxy) is 3. The summed E-state index contributed by atoms with van der Waals surface area (Å²) in [6.07, 6.45) is 0.478. The van der Waals surface area contributed by atoms with Crippen LogP contribution in [0.4, 0.5) is 22.8 Å². The molecular weight excluding hydrogens is 381 g/mol. The number of hydrogen-bond donors (Lipinski definition) is 1. The Hall–Kier alpha value is -2.65. The highest BCUT2D eigenvalue weighted by molar-refractivity contribution is 5.72. The smallest absolute Gasteiger partial charge is 0.410 e. The highest BCUT2D eigenvalue weighted by Gasteiger charge is 2.47. The number of nitrogens with zero attached hydrogens (tertiary/aromatic N) is 1. The fourth-order valence-electron chi connectivity index (χ4n) is 3.69. The van der Waals surface area contributed by atoms with Crippen LogP contribution >= 0.6 is 0 Å². The van der Waals surface area contributed by atoms with Gasteiger partial charge in [0.1, 0.15) is 12.7 Å². The van der Waals surface area contributed by atoms with Crippen molar-refractivity contribution < 1.29 is 37.0 Å². The van der Waals surface area contributed by atoms with Gasteiger partial charge in [-0.25, -0.2) is 18.4 Å². The average Bonchev–Trinajstić information content (AvgIpc) is 3.22. The van der Waals surface area contributed by atoms with Crippen molar-refractivity contribution in [2.45, 2.75) is 30.9 Å². The van der Waals surface area contributed by atoms with Crippen LogP contribution in [0.25, 0.3) is 0 Å². The minimum Gasteiger partial charge on any atom is -0.490 e. The van der Waals surface area contributed by atoms with Gasteiger partial charge in [-0.3, -0.25) is 0 Å². The van der Waals surface area contributed by atoms with E-state index < -0.39 is 35.2 Å². The predicted molar refractivity (Wildman–Crippen MR) is 88.2 cm³/mol. The molecule has 1 aromatic carbocycles. The topological polar surface area (TPSA) is 77.1 Å². The lowest BCUT2D eigenvalue weighted by Gasteiger charge is -2.35. The van der Waals surface area contributed by atoms with Gasteiger partial charge < -0.3 is 24.4 Å². The van der Waals surface area contributed by atoms with Crippen molar-refractivity contribution in [1.82, 2.24) is 10.2 Å². The molecule has 152 valence electrons. The molecule has 0 radical (unpaired) electrons. The Morgan fingerprint density at radius 2 is 2.07 bits per heavy atom. The molecule has 1 saturated carbocycles. The van der Waals surface area contributed by atoms with Crippen molar-refractivity contribution >= 4 is 12.2 Å². The summed E-state index contributed by atoms with van der Waals surface area (Å²) in [6.45, 7) is 1.16. The van der Waals surface area contributed by atoms with Crippen molar-refractivity contribution in [3.63, 3.8) is 0 Å². The molecule has 7 nitrogen and oxygen atoms in total. The molecule has 10 heteroatoms. The summed E-state index contributed by atoms with van der Waals surface area (Å²) in [5, 5.41) is 2.74. The van der Waals surface area contributed by atoms with Gasteiger partial charge in [0.2, 0.25) is 5.82 Å². The fraction of sp³-hybridized carbons (Fsp3) is 0.556. The van der Waals surface area contributed by atoms with E-state index in [1.807, 2.05) is 0 Å². The van der Waals surface area contributed by atoms with Gasteiger partial charge >= 0.3 is 12.2 Å². The summed E-state index contributed by atoms with van der Waals surface area (Å²) in [6, 6.07) is 1.85. The summed E-state index contributed by atoms with van der Waals surface area (Å²) < 4.78 is 55.2. The van der Waals surface area contributed by atoms with Crippen LogP contribution in [-0.2, 0) is 9.47 Å². The van der Waals surface area contributed by atoms with Gasteiger partial charge in [0.25, 0.3) is 0 Å². The number of nitrogens with one attached hydrogen (secondary N) is 1. The number of benzene rings is 1. The SMILES string of the molecule is O=C1NC2(CCN(C(=O)OC3CC(COc4ccc(F)c(F)c4F)C3)C2)CO1. The van der Waals surface area contributed by atoms with Crippen LogP contribution in [0.3, 0.4) is 0 Å². The molecule has 28 heavy (non-hydrogen) atoms. The van der Waals surface area contributed by atoms with Crippen LogP contribution < -0.4 is 10.1 Å². The van der Waals surface area contributed by atoms with Crippen LogP contribution in [-0.4, -0.2) is 55.0 Å².